The number of aromatic amines is 1. The smallest absolute Gasteiger partial charge is 0.490 e. The number of carbonyl (C=O) groups is 1. The minimum atomic E-state index is -5.84. The van der Waals surface area contributed by atoms with Crippen LogP contribution in [-0.2, 0) is 62.0 Å². The number of aliphatic hydroxyl groups is 1. The number of aromatic nitrogens is 2. The van der Waals surface area contributed by atoms with Gasteiger partial charge in [0, 0.05) is 90.5 Å². The van der Waals surface area contributed by atoms with E-state index in [1.54, 1.807) is 22.8 Å². The fourth-order valence-corrected chi connectivity index (χ4v) is 15.1. The Morgan fingerprint density at radius 2 is 1.67 bits per heavy atom. The molecule has 0 radical (unpaired) electrons. The van der Waals surface area contributed by atoms with Crippen molar-refractivity contribution in [3.05, 3.63) is 164 Å². The summed E-state index contributed by atoms with van der Waals surface area (Å²) in [6.45, 7) is 10.0. The topological polar surface area (TPSA) is 400 Å². The van der Waals surface area contributed by atoms with Gasteiger partial charge in [-0.1, -0.05) is 72.9 Å². The van der Waals surface area contributed by atoms with Crippen LogP contribution in [0.2, 0.25) is 0 Å². The summed E-state index contributed by atoms with van der Waals surface area (Å²) in [6, 6.07) is 18.0. The number of nitrogens with one attached hydrogen (secondary N) is 2. The first-order valence-electron chi connectivity index (χ1n) is 27.3. The van der Waals surface area contributed by atoms with E-state index in [1.807, 2.05) is 55.5 Å². The second-order valence-electron chi connectivity index (χ2n) is 21.7. The molecule has 3 aromatic carbocycles. The second-order valence-corrected chi connectivity index (χ2v) is 29.1. The molecule has 0 spiro atoms. The zero-order valence-corrected chi connectivity index (χ0v) is 52.4. The molecule has 5 heterocycles. The molecule has 6 atom stereocenters. The van der Waals surface area contributed by atoms with Gasteiger partial charge < -0.3 is 48.9 Å². The van der Waals surface area contributed by atoms with Gasteiger partial charge in [-0.2, -0.15) is 21.6 Å². The number of rotatable bonds is 25. The highest BCUT2D eigenvalue weighted by molar-refractivity contribution is 7.86. The maximum absolute atomic E-state index is 13.4. The van der Waals surface area contributed by atoms with E-state index in [0.717, 1.165) is 50.8 Å². The Morgan fingerprint density at radius 3 is 2.35 bits per heavy atom. The number of phosphoric acid groups is 3. The van der Waals surface area contributed by atoms with Crippen LogP contribution in [0, 0.1) is 0 Å². The highest BCUT2D eigenvalue weighted by Gasteiger charge is 2.48. The lowest BCUT2D eigenvalue weighted by Gasteiger charge is -2.43. The lowest BCUT2D eigenvalue weighted by molar-refractivity contribution is -0.437. The zero-order valence-electron chi connectivity index (χ0n) is 48.1. The van der Waals surface area contributed by atoms with Crippen molar-refractivity contribution in [3.8, 4) is 5.75 Å². The lowest BCUT2D eigenvalue weighted by Crippen LogP contribution is -2.44. The first-order valence-corrected chi connectivity index (χ1v) is 34.9. The normalized spacial score (nSPS) is 22.1. The molecule has 0 saturated carbocycles. The Labute approximate surface area is 506 Å². The monoisotopic (exact) mass is 1320 g/mol. The van der Waals surface area contributed by atoms with E-state index in [0.29, 0.717) is 28.5 Å². The van der Waals surface area contributed by atoms with E-state index < -0.39 is 102 Å². The molecular formula is C56H66N5O22P3S2. The summed E-state index contributed by atoms with van der Waals surface area (Å²) in [5.41, 5.74) is 4.06. The van der Waals surface area contributed by atoms with Crippen LogP contribution in [0.5, 0.6) is 5.75 Å². The summed E-state index contributed by atoms with van der Waals surface area (Å²) in [4.78, 5) is 79.8. The third-order valence-corrected chi connectivity index (χ3v) is 20.4. The van der Waals surface area contributed by atoms with Gasteiger partial charge in [-0.3, -0.25) is 28.2 Å². The molecule has 4 aliphatic rings. The molecule has 1 saturated heterocycles. The molecule has 32 heteroatoms. The molecule has 4 aromatic rings. The number of phosphoric ester groups is 1. The van der Waals surface area contributed by atoms with E-state index in [1.165, 1.54) is 30.4 Å². The van der Waals surface area contributed by atoms with Crippen molar-refractivity contribution in [2.24, 2.45) is 0 Å². The van der Waals surface area contributed by atoms with Gasteiger partial charge in [-0.25, -0.2) is 26.9 Å². The van der Waals surface area contributed by atoms with Crippen LogP contribution in [0.1, 0.15) is 101 Å². The van der Waals surface area contributed by atoms with Crippen LogP contribution in [-0.4, -0.2) is 126 Å². The second kappa shape index (κ2) is 26.6. The van der Waals surface area contributed by atoms with Crippen molar-refractivity contribution in [1.82, 2.24) is 14.9 Å². The van der Waals surface area contributed by atoms with E-state index in [4.69, 9.17) is 19.3 Å². The number of benzene rings is 3. The van der Waals surface area contributed by atoms with Crippen molar-refractivity contribution >= 4 is 89.7 Å². The number of amides is 1. The molecule has 4 aliphatic heterocycles. The predicted octanol–water partition coefficient (Wildman–Crippen LogP) is 6.72. The van der Waals surface area contributed by atoms with Crippen LogP contribution in [0.3, 0.4) is 0 Å². The Morgan fingerprint density at radius 1 is 0.943 bits per heavy atom. The lowest BCUT2D eigenvalue weighted by atomic mass is 9.75. The van der Waals surface area contributed by atoms with Crippen molar-refractivity contribution in [1.29, 1.82) is 0 Å². The molecule has 27 nitrogen and oxygen atoms in total. The Hall–Kier alpha value is -6.33. The van der Waals surface area contributed by atoms with E-state index in [2.05, 4.69) is 74.2 Å². The fraction of sp³-hybridized carbons (Fsp3) is 0.357. The van der Waals surface area contributed by atoms with Gasteiger partial charge >= 0.3 is 29.2 Å². The first kappa shape index (κ1) is 67.6. The standard InChI is InChI=1S/C56H66N5O22P3S2/c1-6-61-45-31-48-42(30-41(45)36(2)33-55(61,3)4)38(28-47(80-48)37-16-9-7-10-17-37)18-11-8-12-20-50-56(5,43-29-40(88(76,77)78)22-23-44(43)59(50)26-15-27-87(73,74)75)24-13-21-51(63)57-25-14-19-39-34-60(54(65)58-53(39)64)52-32-46(62)49(81-52)35-79-85(69,70)83-86(71,72)82-84(66,67)68/h7-12,14,16-20,22-23,28-31,33-34,46,49,52,62H,6,13,15,21,24-27,32,35H2,1-5H3,(H7-,57,58,63,64,65,66,67,68,69,70,71,72,73,74,75,76,77,78)/b19-14+/t46-,49+,52+,56?/m0/s1. The molecule has 8 N–H and O–H groups in total. The number of nitrogens with zero attached hydrogens (tertiary/aromatic N) is 3. The number of fused-ring (bicyclic) bond motifs is 3. The fourth-order valence-electron chi connectivity index (χ4n) is 11.1. The number of aliphatic hydroxyl groups excluding tert-OH is 1. The van der Waals surface area contributed by atoms with Gasteiger partial charge in [-0.15, -0.1) is 0 Å². The molecule has 88 heavy (non-hydrogen) atoms. The van der Waals surface area contributed by atoms with E-state index in [9.17, 15) is 68.9 Å². The SMILES string of the molecule is CCN1c2cc3c(cc2C(C)=CC1(C)C)C(=CC=CC=CC1=[N+](CCCS(=O)(=O)[O-])c2ccc(S(=O)(=O)O)cc2C1(C)CCCC(=O)NC/C=C/c1cn([C@H]2C[C@H](O)[C@@H](COP(=O)(O)OP(=O)(O)OP(=O)(O)O)O2)c(=O)[nH]c1=O)C=C(c1ccccc1)O3. The van der Waals surface area contributed by atoms with Crippen LogP contribution in [0.15, 0.2) is 130 Å². The number of hydrogen-bond acceptors (Lipinski definition) is 18. The zero-order chi connectivity index (χ0) is 64.4. The Bertz CT molecular complexity index is 4130. The molecule has 3 unspecified atom stereocenters. The van der Waals surface area contributed by atoms with Crippen molar-refractivity contribution in [2.45, 2.75) is 101 Å². The minimum absolute atomic E-state index is 0.0160. The Balaban J connectivity index is 0.991. The van der Waals surface area contributed by atoms with E-state index >= 15 is 0 Å². The molecule has 1 aromatic heterocycles. The van der Waals surface area contributed by atoms with Gasteiger partial charge in [0.1, 0.15) is 30.4 Å². The molecule has 0 aliphatic carbocycles. The number of anilines is 1. The number of allylic oxidation sites excluding steroid dienone is 8. The molecule has 8 rings (SSSR count). The summed E-state index contributed by atoms with van der Waals surface area (Å²) in [5.74, 6) is 0.190. The summed E-state index contributed by atoms with van der Waals surface area (Å²) in [5, 5.41) is 13.3. The summed E-state index contributed by atoms with van der Waals surface area (Å²) >= 11 is 0. The average molecular weight is 1320 g/mol. The summed E-state index contributed by atoms with van der Waals surface area (Å²) < 4.78 is 132. The quantitative estimate of drug-likeness (QED) is 0.0148. The highest BCUT2D eigenvalue weighted by Crippen LogP contribution is 2.66. The van der Waals surface area contributed by atoms with Gasteiger partial charge in [0.15, 0.2) is 5.71 Å². The highest BCUT2D eigenvalue weighted by atomic mass is 32.2. The average Bonchev–Trinajstić information content (AvgIpc) is 1.41. The molecule has 1 fully saturated rings. The number of likely N-dealkylation sites (N-methyl/N-ethyl adjacent to an activating group) is 1. The van der Waals surface area contributed by atoms with E-state index in [-0.39, 0.29) is 56.3 Å². The largest absolute Gasteiger partial charge is 0.748 e. The van der Waals surface area contributed by atoms with Crippen LogP contribution < -0.4 is 26.2 Å². The van der Waals surface area contributed by atoms with Gasteiger partial charge in [0.2, 0.25) is 11.6 Å². The molecule has 474 valence electrons. The van der Waals surface area contributed by atoms with Gasteiger partial charge in [-0.05, 0) is 82.9 Å². The number of ether oxygens (including phenoxy) is 2. The molecule has 1 amide bonds. The van der Waals surface area contributed by atoms with Crippen molar-refractivity contribution in [2.75, 3.05) is 36.9 Å². The third-order valence-electron chi connectivity index (χ3n) is 14.9. The maximum Gasteiger partial charge on any atom is 0.490 e. The number of H-pyrrole nitrogens is 1. The first-order chi connectivity index (χ1) is 41.1. The molecular weight excluding hydrogens is 1250 g/mol. The number of carbonyl (C=O) groups excluding carboxylic acids is 1. The summed E-state index contributed by atoms with van der Waals surface area (Å²) in [6.07, 6.45) is 12.7. The summed E-state index contributed by atoms with van der Waals surface area (Å²) in [7, 11) is -26.5. The molecule has 0 bridgehead atoms. The Kier molecular flexibility index (Phi) is 20.5. The van der Waals surface area contributed by atoms with Crippen molar-refractivity contribution < 1.29 is 96.3 Å². The minimum Gasteiger partial charge on any atom is -0.748 e. The van der Waals surface area contributed by atoms with Gasteiger partial charge in [0.05, 0.1) is 44.2 Å². The third kappa shape index (κ3) is 16.5. The maximum atomic E-state index is 13.4. The van der Waals surface area contributed by atoms with Gasteiger partial charge in [0.25, 0.3) is 15.7 Å². The number of hydrogen-bond donors (Lipinski definition) is 8. The predicted molar refractivity (Wildman–Crippen MR) is 323 cm³/mol. The van der Waals surface area contributed by atoms with Crippen LogP contribution >= 0.6 is 23.5 Å². The van der Waals surface area contributed by atoms with Crippen LogP contribution in [0.25, 0.3) is 23.0 Å². The van der Waals surface area contributed by atoms with Crippen molar-refractivity contribution in [3.63, 3.8) is 0 Å². The van der Waals surface area contributed by atoms with Crippen LogP contribution in [0.4, 0.5) is 11.4 Å².